The van der Waals surface area contributed by atoms with Gasteiger partial charge in [-0.1, -0.05) is 18.2 Å². The minimum Gasteiger partial charge on any atom is -0.371 e. The number of fused-ring (bicyclic) bond motifs is 3. The van der Waals surface area contributed by atoms with Gasteiger partial charge in [0.2, 0.25) is 5.91 Å². The van der Waals surface area contributed by atoms with E-state index in [2.05, 4.69) is 37.7 Å². The Hall–Kier alpha value is -3.39. The van der Waals surface area contributed by atoms with E-state index in [1.165, 1.54) is 0 Å². The van der Waals surface area contributed by atoms with Crippen LogP contribution in [0.5, 0.6) is 0 Å². The van der Waals surface area contributed by atoms with Crippen molar-refractivity contribution in [3.05, 3.63) is 42.2 Å². The Balaban J connectivity index is 1.72. The summed E-state index contributed by atoms with van der Waals surface area (Å²) < 4.78 is 2.00. The van der Waals surface area contributed by atoms with E-state index in [4.69, 9.17) is 5.73 Å². The number of benzene rings is 1. The molecule has 8 nitrogen and oxygen atoms in total. The first-order chi connectivity index (χ1) is 13.6. The smallest absolute Gasteiger partial charge is 0.221 e. The second kappa shape index (κ2) is 7.32. The molecule has 0 saturated heterocycles. The van der Waals surface area contributed by atoms with E-state index in [9.17, 15) is 4.79 Å². The zero-order valence-electron chi connectivity index (χ0n) is 15.9. The maximum Gasteiger partial charge on any atom is 0.221 e. The van der Waals surface area contributed by atoms with Crippen molar-refractivity contribution >= 4 is 33.8 Å². The lowest BCUT2D eigenvalue weighted by molar-refractivity contribution is -0.121. The third-order valence-electron chi connectivity index (χ3n) is 4.77. The van der Waals surface area contributed by atoms with Crippen LogP contribution in [0.2, 0.25) is 0 Å². The maximum absolute atomic E-state index is 11.7. The molecule has 0 aliphatic heterocycles. The lowest BCUT2D eigenvalue weighted by Crippen LogP contribution is -2.24. The number of anilines is 1. The molecule has 1 amide bonds. The van der Waals surface area contributed by atoms with Crippen LogP contribution in [-0.2, 0) is 18.4 Å². The van der Waals surface area contributed by atoms with Crippen molar-refractivity contribution in [3.63, 3.8) is 0 Å². The predicted octanol–water partition coefficient (Wildman–Crippen LogP) is 2.12. The van der Waals surface area contributed by atoms with Gasteiger partial charge in [0.05, 0.1) is 11.8 Å². The Morgan fingerprint density at radius 2 is 2.18 bits per heavy atom. The van der Waals surface area contributed by atoms with Gasteiger partial charge in [-0.3, -0.25) is 4.79 Å². The average molecular weight is 377 g/mol. The number of amides is 1. The maximum atomic E-state index is 11.7. The number of imidazole rings is 1. The zero-order chi connectivity index (χ0) is 19.7. The molecule has 0 spiro atoms. The van der Waals surface area contributed by atoms with Crippen molar-refractivity contribution < 1.29 is 4.79 Å². The van der Waals surface area contributed by atoms with Crippen LogP contribution >= 0.6 is 0 Å². The molecule has 0 saturated carbocycles. The summed E-state index contributed by atoms with van der Waals surface area (Å²) in [5.41, 5.74) is 11.1. The van der Waals surface area contributed by atoms with Gasteiger partial charge < -0.3 is 25.9 Å². The molecule has 4 aromatic rings. The Morgan fingerprint density at radius 1 is 1.32 bits per heavy atom. The molecule has 5 N–H and O–H groups in total. The Kier molecular flexibility index (Phi) is 4.70. The molecule has 3 heterocycles. The number of hydrogen-bond acceptors (Lipinski definition) is 5. The van der Waals surface area contributed by atoms with Crippen LogP contribution in [-0.4, -0.2) is 39.0 Å². The number of carbonyl (C=O) groups excluding carboxylic acids is 1. The van der Waals surface area contributed by atoms with Crippen LogP contribution in [0.25, 0.3) is 33.3 Å². The molecule has 0 bridgehead atoms. The minimum absolute atomic E-state index is 0.0408. The predicted molar refractivity (Wildman–Crippen MR) is 111 cm³/mol. The number of nitrogens with zero attached hydrogens (tertiary/aromatic N) is 3. The first kappa shape index (κ1) is 18.0. The number of pyridine rings is 1. The van der Waals surface area contributed by atoms with Crippen LogP contribution in [0.1, 0.15) is 12.0 Å². The molecular formula is C20H23N7O. The number of H-pyrrole nitrogens is 1. The number of aryl methyl sites for hydroxylation is 1. The third kappa shape index (κ3) is 3.18. The normalized spacial score (nSPS) is 11.2. The van der Waals surface area contributed by atoms with E-state index in [-0.39, 0.29) is 5.91 Å². The van der Waals surface area contributed by atoms with Gasteiger partial charge in [-0.05, 0) is 23.3 Å². The van der Waals surface area contributed by atoms with Gasteiger partial charge in [-0.2, -0.15) is 0 Å². The molecule has 0 aliphatic rings. The lowest BCUT2D eigenvalue weighted by atomic mass is 10.1. The Morgan fingerprint density at radius 3 is 2.96 bits per heavy atom. The number of rotatable bonds is 6. The lowest BCUT2D eigenvalue weighted by Gasteiger charge is -2.06. The number of aromatic amines is 1. The van der Waals surface area contributed by atoms with Crippen LogP contribution < -0.4 is 16.4 Å². The number of carbonyl (C=O) groups is 1. The zero-order valence-corrected chi connectivity index (χ0v) is 15.9. The van der Waals surface area contributed by atoms with Gasteiger partial charge in [0.25, 0.3) is 0 Å². The Bertz CT molecular complexity index is 1160. The molecule has 144 valence electrons. The van der Waals surface area contributed by atoms with E-state index in [0.717, 1.165) is 44.7 Å². The SMILES string of the molecule is CNc1nc2[nH]c(-c3cccc(CNC(=O)CCN)c3)cc2c2c1ncn2C. The number of aromatic nitrogens is 4. The van der Waals surface area contributed by atoms with Crippen LogP contribution in [0.15, 0.2) is 36.7 Å². The highest BCUT2D eigenvalue weighted by Gasteiger charge is 2.15. The van der Waals surface area contributed by atoms with Gasteiger partial charge in [0.1, 0.15) is 11.2 Å². The number of nitrogens with two attached hydrogens (primary N) is 1. The summed E-state index contributed by atoms with van der Waals surface area (Å²) in [6.45, 7) is 0.825. The fraction of sp³-hybridized carbons (Fsp3) is 0.250. The van der Waals surface area contributed by atoms with Crippen LogP contribution in [0.4, 0.5) is 5.82 Å². The van der Waals surface area contributed by atoms with Crippen molar-refractivity contribution in [1.82, 2.24) is 24.8 Å². The molecule has 1 aromatic carbocycles. The molecule has 0 atom stereocenters. The van der Waals surface area contributed by atoms with E-state index >= 15 is 0 Å². The topological polar surface area (TPSA) is 114 Å². The summed E-state index contributed by atoms with van der Waals surface area (Å²) in [4.78, 5) is 24.2. The minimum atomic E-state index is -0.0408. The van der Waals surface area contributed by atoms with Crippen molar-refractivity contribution in [1.29, 1.82) is 0 Å². The molecule has 0 aliphatic carbocycles. The van der Waals surface area contributed by atoms with E-state index in [0.29, 0.717) is 19.5 Å². The second-order valence-electron chi connectivity index (χ2n) is 6.72. The largest absolute Gasteiger partial charge is 0.371 e. The van der Waals surface area contributed by atoms with Gasteiger partial charge in [0.15, 0.2) is 5.82 Å². The second-order valence-corrected chi connectivity index (χ2v) is 6.72. The van der Waals surface area contributed by atoms with Crippen molar-refractivity contribution in [2.75, 3.05) is 18.9 Å². The molecule has 3 aromatic heterocycles. The summed E-state index contributed by atoms with van der Waals surface area (Å²) >= 11 is 0. The van der Waals surface area contributed by atoms with E-state index in [1.54, 1.807) is 6.33 Å². The number of nitrogens with one attached hydrogen (secondary N) is 3. The highest BCUT2D eigenvalue weighted by atomic mass is 16.1. The van der Waals surface area contributed by atoms with Crippen molar-refractivity contribution in [2.24, 2.45) is 12.8 Å². The first-order valence-electron chi connectivity index (χ1n) is 9.18. The highest BCUT2D eigenvalue weighted by molar-refractivity contribution is 6.07. The molecule has 28 heavy (non-hydrogen) atoms. The summed E-state index contributed by atoms with van der Waals surface area (Å²) in [6.07, 6.45) is 2.13. The molecule has 0 radical (unpaired) electrons. The highest BCUT2D eigenvalue weighted by Crippen LogP contribution is 2.31. The molecule has 0 unspecified atom stereocenters. The van der Waals surface area contributed by atoms with Gasteiger partial charge >= 0.3 is 0 Å². The average Bonchev–Trinajstić information content (AvgIpc) is 3.30. The van der Waals surface area contributed by atoms with E-state index in [1.807, 2.05) is 36.9 Å². The molecular weight excluding hydrogens is 354 g/mol. The summed E-state index contributed by atoms with van der Waals surface area (Å²) in [5.74, 6) is 0.703. The summed E-state index contributed by atoms with van der Waals surface area (Å²) in [5, 5.41) is 7.02. The quantitative estimate of drug-likeness (QED) is 0.411. The van der Waals surface area contributed by atoms with Gasteiger partial charge in [0, 0.05) is 44.7 Å². The summed E-state index contributed by atoms with van der Waals surface area (Å²) in [7, 11) is 3.82. The van der Waals surface area contributed by atoms with Crippen molar-refractivity contribution in [2.45, 2.75) is 13.0 Å². The van der Waals surface area contributed by atoms with Crippen LogP contribution in [0, 0.1) is 0 Å². The third-order valence-corrected chi connectivity index (χ3v) is 4.77. The standard InChI is InChI=1S/C20H23N7O/c1-22-20-17-18(27(2)11-24-17)14-9-15(25-19(14)26-20)13-5-3-4-12(8-13)10-23-16(28)6-7-21/h3-5,8-9,11H,6-7,10,21H2,1-2H3,(H,23,28)(H2,22,25,26). The Labute approximate surface area is 162 Å². The summed E-state index contributed by atoms with van der Waals surface area (Å²) in [6, 6.07) is 10.2. The molecule has 8 heteroatoms. The van der Waals surface area contributed by atoms with Crippen molar-refractivity contribution in [3.8, 4) is 11.3 Å². The fourth-order valence-corrected chi connectivity index (χ4v) is 3.40. The van der Waals surface area contributed by atoms with Crippen LogP contribution in [0.3, 0.4) is 0 Å². The first-order valence-corrected chi connectivity index (χ1v) is 9.18. The monoisotopic (exact) mass is 377 g/mol. The van der Waals surface area contributed by atoms with Gasteiger partial charge in [-0.15, -0.1) is 0 Å². The van der Waals surface area contributed by atoms with E-state index < -0.39 is 0 Å². The van der Waals surface area contributed by atoms with Gasteiger partial charge in [-0.25, -0.2) is 9.97 Å². The number of hydrogen-bond donors (Lipinski definition) is 4. The fourth-order valence-electron chi connectivity index (χ4n) is 3.40. The molecule has 0 fully saturated rings. The molecule has 4 rings (SSSR count).